The highest BCUT2D eigenvalue weighted by Crippen LogP contribution is 2.15. The van der Waals surface area contributed by atoms with Crippen LogP contribution in [0.1, 0.15) is 39.0 Å². The second-order valence-corrected chi connectivity index (χ2v) is 4.95. The van der Waals surface area contributed by atoms with Crippen LogP contribution in [-0.4, -0.2) is 48.8 Å². The lowest BCUT2D eigenvalue weighted by Gasteiger charge is -2.27. The Balaban J connectivity index is 2.09. The summed E-state index contributed by atoms with van der Waals surface area (Å²) in [5, 5.41) is 13.4. The summed E-state index contributed by atoms with van der Waals surface area (Å²) in [7, 11) is 2.11. The van der Waals surface area contributed by atoms with Gasteiger partial charge in [0.05, 0.1) is 5.60 Å². The van der Waals surface area contributed by atoms with Crippen molar-refractivity contribution in [3.8, 4) is 0 Å². The molecule has 0 bridgehead atoms. The third kappa shape index (κ3) is 4.96. The molecular formula is C12H26N2O. The van der Waals surface area contributed by atoms with Gasteiger partial charge in [0, 0.05) is 13.1 Å². The second kappa shape index (κ2) is 6.46. The lowest BCUT2D eigenvalue weighted by molar-refractivity contribution is 0.0280. The van der Waals surface area contributed by atoms with Crippen molar-refractivity contribution in [2.24, 2.45) is 0 Å². The highest BCUT2D eigenvalue weighted by Gasteiger charge is 2.31. The lowest BCUT2D eigenvalue weighted by atomic mass is 10.0. The normalized spacial score (nSPS) is 26.4. The monoisotopic (exact) mass is 214 g/mol. The molecule has 0 aromatic heterocycles. The molecule has 90 valence electrons. The average molecular weight is 214 g/mol. The molecule has 1 aliphatic heterocycles. The van der Waals surface area contributed by atoms with Gasteiger partial charge in [-0.25, -0.2) is 0 Å². The quantitative estimate of drug-likeness (QED) is 0.626. The third-order valence-electron chi connectivity index (χ3n) is 3.18. The van der Waals surface area contributed by atoms with Crippen molar-refractivity contribution in [1.82, 2.24) is 10.2 Å². The third-order valence-corrected chi connectivity index (χ3v) is 3.18. The SMILES string of the molecule is CCCCCCN(C)CC1(O)CCNC1. The minimum absolute atomic E-state index is 0.473. The topological polar surface area (TPSA) is 35.5 Å². The van der Waals surface area contributed by atoms with Crippen molar-refractivity contribution in [3.63, 3.8) is 0 Å². The molecule has 1 fully saturated rings. The molecule has 0 aromatic carbocycles. The van der Waals surface area contributed by atoms with Crippen molar-refractivity contribution in [2.75, 3.05) is 33.2 Å². The molecule has 0 aliphatic carbocycles. The predicted octanol–water partition coefficient (Wildman–Crippen LogP) is 1.22. The van der Waals surface area contributed by atoms with Gasteiger partial charge in [0.1, 0.15) is 0 Å². The number of hydrogen-bond acceptors (Lipinski definition) is 3. The Bertz CT molecular complexity index is 167. The van der Waals surface area contributed by atoms with E-state index in [0.717, 1.165) is 32.6 Å². The van der Waals surface area contributed by atoms with Gasteiger partial charge in [-0.05, 0) is 33.0 Å². The van der Waals surface area contributed by atoms with E-state index in [2.05, 4.69) is 24.2 Å². The summed E-state index contributed by atoms with van der Waals surface area (Å²) in [6.07, 6.45) is 6.09. The first-order valence-corrected chi connectivity index (χ1v) is 6.28. The summed E-state index contributed by atoms with van der Waals surface area (Å²) in [5.41, 5.74) is -0.473. The number of nitrogens with zero attached hydrogens (tertiary/aromatic N) is 1. The van der Waals surface area contributed by atoms with E-state index >= 15 is 0 Å². The summed E-state index contributed by atoms with van der Waals surface area (Å²) in [6.45, 7) is 5.87. The molecule has 1 saturated heterocycles. The summed E-state index contributed by atoms with van der Waals surface area (Å²) < 4.78 is 0. The van der Waals surface area contributed by atoms with Gasteiger partial charge in [-0.15, -0.1) is 0 Å². The minimum Gasteiger partial charge on any atom is -0.387 e. The molecular weight excluding hydrogens is 188 g/mol. The van der Waals surface area contributed by atoms with E-state index in [4.69, 9.17) is 0 Å². The van der Waals surface area contributed by atoms with Crippen LogP contribution in [0.5, 0.6) is 0 Å². The molecule has 0 amide bonds. The summed E-state index contributed by atoms with van der Waals surface area (Å²) in [4.78, 5) is 2.27. The highest BCUT2D eigenvalue weighted by atomic mass is 16.3. The Morgan fingerprint density at radius 3 is 2.73 bits per heavy atom. The summed E-state index contributed by atoms with van der Waals surface area (Å²) in [6, 6.07) is 0. The van der Waals surface area contributed by atoms with Gasteiger partial charge in [-0.3, -0.25) is 0 Å². The number of aliphatic hydroxyl groups is 1. The van der Waals surface area contributed by atoms with E-state index in [0.29, 0.717) is 0 Å². The number of hydrogen-bond donors (Lipinski definition) is 2. The lowest BCUT2D eigenvalue weighted by Crippen LogP contribution is -2.43. The average Bonchev–Trinajstić information content (AvgIpc) is 2.59. The van der Waals surface area contributed by atoms with Gasteiger partial charge in [0.2, 0.25) is 0 Å². The number of unbranched alkanes of at least 4 members (excludes halogenated alkanes) is 3. The molecule has 1 aliphatic rings. The van der Waals surface area contributed by atoms with Crippen molar-refractivity contribution < 1.29 is 5.11 Å². The fourth-order valence-corrected chi connectivity index (χ4v) is 2.26. The summed E-state index contributed by atoms with van der Waals surface area (Å²) >= 11 is 0. The molecule has 0 radical (unpaired) electrons. The van der Waals surface area contributed by atoms with E-state index < -0.39 is 5.60 Å². The zero-order chi connectivity index (χ0) is 11.1. The molecule has 1 unspecified atom stereocenters. The zero-order valence-electron chi connectivity index (χ0n) is 10.3. The van der Waals surface area contributed by atoms with Crippen LogP contribution >= 0.6 is 0 Å². The maximum absolute atomic E-state index is 10.2. The van der Waals surface area contributed by atoms with Crippen LogP contribution in [-0.2, 0) is 0 Å². The van der Waals surface area contributed by atoms with Crippen LogP contribution < -0.4 is 5.32 Å². The fraction of sp³-hybridized carbons (Fsp3) is 1.00. The molecule has 3 nitrogen and oxygen atoms in total. The standard InChI is InChI=1S/C12H26N2O/c1-3-4-5-6-9-14(2)11-12(15)7-8-13-10-12/h13,15H,3-11H2,1-2H3. The van der Waals surface area contributed by atoms with Gasteiger partial charge in [-0.1, -0.05) is 26.2 Å². The van der Waals surface area contributed by atoms with Crippen LogP contribution in [0.25, 0.3) is 0 Å². The molecule has 0 saturated carbocycles. The minimum atomic E-state index is -0.473. The number of β-amino-alcohol motifs (C(OH)–C–C–N with tert-alkyl or cyclic N) is 1. The smallest absolute Gasteiger partial charge is 0.0909 e. The van der Waals surface area contributed by atoms with Gasteiger partial charge < -0.3 is 15.3 Å². The highest BCUT2D eigenvalue weighted by molar-refractivity contribution is 4.89. The first kappa shape index (κ1) is 12.9. The van der Waals surface area contributed by atoms with Crippen LogP contribution in [0.3, 0.4) is 0 Å². The summed E-state index contributed by atoms with van der Waals surface area (Å²) in [5.74, 6) is 0. The van der Waals surface area contributed by atoms with Gasteiger partial charge in [0.15, 0.2) is 0 Å². The van der Waals surface area contributed by atoms with Crippen molar-refractivity contribution in [3.05, 3.63) is 0 Å². The van der Waals surface area contributed by atoms with Crippen molar-refractivity contribution >= 4 is 0 Å². The van der Waals surface area contributed by atoms with E-state index in [1.165, 1.54) is 25.7 Å². The Morgan fingerprint density at radius 1 is 1.33 bits per heavy atom. The molecule has 0 aromatic rings. The number of rotatable bonds is 7. The van der Waals surface area contributed by atoms with Crippen LogP contribution in [0.15, 0.2) is 0 Å². The van der Waals surface area contributed by atoms with E-state index in [1.807, 2.05) is 0 Å². The first-order valence-electron chi connectivity index (χ1n) is 6.28. The van der Waals surface area contributed by atoms with E-state index in [1.54, 1.807) is 0 Å². The largest absolute Gasteiger partial charge is 0.387 e. The van der Waals surface area contributed by atoms with Gasteiger partial charge >= 0.3 is 0 Å². The molecule has 1 rings (SSSR count). The molecule has 2 N–H and O–H groups in total. The van der Waals surface area contributed by atoms with E-state index in [9.17, 15) is 5.11 Å². The van der Waals surface area contributed by atoms with Crippen LogP contribution in [0.4, 0.5) is 0 Å². The van der Waals surface area contributed by atoms with Gasteiger partial charge in [-0.2, -0.15) is 0 Å². The fourth-order valence-electron chi connectivity index (χ4n) is 2.26. The molecule has 15 heavy (non-hydrogen) atoms. The molecule has 1 atom stereocenters. The molecule has 0 spiro atoms. The van der Waals surface area contributed by atoms with Crippen LogP contribution in [0.2, 0.25) is 0 Å². The molecule has 1 heterocycles. The van der Waals surface area contributed by atoms with Crippen molar-refractivity contribution in [1.29, 1.82) is 0 Å². The Labute approximate surface area is 93.9 Å². The van der Waals surface area contributed by atoms with E-state index in [-0.39, 0.29) is 0 Å². The van der Waals surface area contributed by atoms with Crippen molar-refractivity contribution in [2.45, 2.75) is 44.6 Å². The Kier molecular flexibility index (Phi) is 5.58. The van der Waals surface area contributed by atoms with Gasteiger partial charge in [0.25, 0.3) is 0 Å². The van der Waals surface area contributed by atoms with Crippen LogP contribution in [0, 0.1) is 0 Å². The first-order chi connectivity index (χ1) is 7.16. The maximum atomic E-state index is 10.2. The maximum Gasteiger partial charge on any atom is 0.0909 e. The zero-order valence-corrected chi connectivity index (χ0v) is 10.3. The number of likely N-dealkylation sites (N-methyl/N-ethyl adjacent to an activating group) is 1. The predicted molar refractivity (Wildman–Crippen MR) is 64.1 cm³/mol. The number of nitrogens with one attached hydrogen (secondary N) is 1. The Hall–Kier alpha value is -0.120. The molecule has 3 heteroatoms. The Morgan fingerprint density at radius 2 is 2.13 bits per heavy atom. The second-order valence-electron chi connectivity index (χ2n) is 4.95.